The first-order valence-corrected chi connectivity index (χ1v) is 7.94. The number of hydrogen-bond donors (Lipinski definition) is 1. The van der Waals surface area contributed by atoms with Gasteiger partial charge in [-0.05, 0) is 44.9 Å². The molecule has 0 saturated heterocycles. The average Bonchev–Trinajstić information content (AvgIpc) is 2.55. The number of nitrogens with one attached hydrogen (secondary N) is 1. The summed E-state index contributed by atoms with van der Waals surface area (Å²) in [7, 11) is 3.13. The van der Waals surface area contributed by atoms with Gasteiger partial charge in [-0.1, -0.05) is 29.8 Å². The molecule has 0 aromatic heterocycles. The Labute approximate surface area is 143 Å². The minimum atomic E-state index is -0.372. The number of aryl methyl sites for hydroxylation is 1. The fourth-order valence-corrected chi connectivity index (χ4v) is 2.58. The number of hydrogen-bond acceptors (Lipinski definition) is 3. The van der Waals surface area contributed by atoms with E-state index in [4.69, 9.17) is 9.47 Å². The monoisotopic (exact) mass is 327 g/mol. The number of carbonyl (C=O) groups is 1. The molecule has 0 fully saturated rings. The van der Waals surface area contributed by atoms with Gasteiger partial charge in [0.15, 0.2) is 0 Å². The van der Waals surface area contributed by atoms with Crippen LogP contribution in [0.15, 0.2) is 42.5 Å². The molecule has 0 heterocycles. The van der Waals surface area contributed by atoms with Crippen molar-refractivity contribution in [2.24, 2.45) is 0 Å². The van der Waals surface area contributed by atoms with Gasteiger partial charge in [0.05, 0.1) is 14.2 Å². The van der Waals surface area contributed by atoms with Crippen molar-refractivity contribution in [2.45, 2.75) is 32.7 Å². The summed E-state index contributed by atoms with van der Waals surface area (Å²) < 4.78 is 10.4. The smallest absolute Gasteiger partial charge is 0.251 e. The van der Waals surface area contributed by atoms with Crippen molar-refractivity contribution in [3.63, 3.8) is 0 Å². The Morgan fingerprint density at radius 3 is 2.04 bits per heavy atom. The first kappa shape index (κ1) is 17.9. The van der Waals surface area contributed by atoms with Crippen LogP contribution in [0.1, 0.15) is 35.3 Å². The fraction of sp³-hybridized carbons (Fsp3) is 0.350. The van der Waals surface area contributed by atoms with Crippen molar-refractivity contribution in [2.75, 3.05) is 14.2 Å². The zero-order chi connectivity index (χ0) is 17.7. The average molecular weight is 327 g/mol. The maximum atomic E-state index is 12.6. The highest BCUT2D eigenvalue weighted by atomic mass is 16.5. The lowest BCUT2D eigenvalue weighted by atomic mass is 9.94. The lowest BCUT2D eigenvalue weighted by molar-refractivity contribution is 0.0912. The molecule has 2 rings (SSSR count). The van der Waals surface area contributed by atoms with Crippen molar-refractivity contribution >= 4 is 5.91 Å². The molecule has 0 saturated carbocycles. The number of ether oxygens (including phenoxy) is 2. The minimum Gasteiger partial charge on any atom is -0.497 e. The molecule has 0 aliphatic carbocycles. The SMILES string of the molecule is COc1cc(OC)cc(C(=O)NC(C)(C)Cc2ccc(C)cc2)c1. The molecule has 0 radical (unpaired) electrons. The normalized spacial score (nSPS) is 11.0. The van der Waals surface area contributed by atoms with Gasteiger partial charge in [-0.25, -0.2) is 0 Å². The van der Waals surface area contributed by atoms with Crippen molar-refractivity contribution in [1.82, 2.24) is 5.32 Å². The lowest BCUT2D eigenvalue weighted by Crippen LogP contribution is -2.45. The van der Waals surface area contributed by atoms with Crippen LogP contribution in [-0.2, 0) is 6.42 Å². The lowest BCUT2D eigenvalue weighted by Gasteiger charge is -2.27. The molecule has 0 spiro atoms. The van der Waals surface area contributed by atoms with Gasteiger partial charge in [0.25, 0.3) is 5.91 Å². The van der Waals surface area contributed by atoms with Gasteiger partial charge in [-0.3, -0.25) is 4.79 Å². The Kier molecular flexibility index (Phi) is 5.50. The number of carbonyl (C=O) groups excluding carboxylic acids is 1. The van der Waals surface area contributed by atoms with Crippen LogP contribution in [0.4, 0.5) is 0 Å². The summed E-state index contributed by atoms with van der Waals surface area (Å²) >= 11 is 0. The van der Waals surface area contributed by atoms with Gasteiger partial charge >= 0.3 is 0 Å². The van der Waals surface area contributed by atoms with E-state index in [9.17, 15) is 4.79 Å². The van der Waals surface area contributed by atoms with Crippen molar-refractivity contribution in [3.05, 3.63) is 59.2 Å². The van der Waals surface area contributed by atoms with E-state index >= 15 is 0 Å². The highest BCUT2D eigenvalue weighted by molar-refractivity contribution is 5.95. The molecule has 4 heteroatoms. The molecule has 0 bridgehead atoms. The van der Waals surface area contributed by atoms with E-state index in [-0.39, 0.29) is 11.4 Å². The highest BCUT2D eigenvalue weighted by Gasteiger charge is 2.22. The quantitative estimate of drug-likeness (QED) is 0.879. The van der Waals surface area contributed by atoms with Crippen molar-refractivity contribution in [1.29, 1.82) is 0 Å². The van der Waals surface area contributed by atoms with Crippen molar-refractivity contribution in [3.8, 4) is 11.5 Å². The van der Waals surface area contributed by atoms with Crippen LogP contribution in [0.5, 0.6) is 11.5 Å². The van der Waals surface area contributed by atoms with Gasteiger partial charge in [0.1, 0.15) is 11.5 Å². The largest absolute Gasteiger partial charge is 0.497 e. The third-order valence-electron chi connectivity index (χ3n) is 3.83. The topological polar surface area (TPSA) is 47.6 Å². The molecule has 128 valence electrons. The van der Waals surface area contributed by atoms with Crippen LogP contribution in [0.25, 0.3) is 0 Å². The maximum absolute atomic E-state index is 12.6. The molecule has 0 aliphatic rings. The minimum absolute atomic E-state index is 0.149. The van der Waals surface area contributed by atoms with Gasteiger partial charge in [0.2, 0.25) is 0 Å². The molecular weight excluding hydrogens is 302 g/mol. The molecule has 1 N–H and O–H groups in total. The van der Waals surface area contributed by atoms with Crippen LogP contribution < -0.4 is 14.8 Å². The Balaban J connectivity index is 2.13. The van der Waals surface area contributed by atoms with Crippen molar-refractivity contribution < 1.29 is 14.3 Å². The summed E-state index contributed by atoms with van der Waals surface area (Å²) in [6, 6.07) is 13.5. The number of amides is 1. The highest BCUT2D eigenvalue weighted by Crippen LogP contribution is 2.23. The molecule has 1 amide bonds. The second-order valence-electron chi connectivity index (χ2n) is 6.60. The predicted octanol–water partition coefficient (Wildman–Crippen LogP) is 3.76. The summed E-state index contributed by atoms with van der Waals surface area (Å²) in [5.74, 6) is 1.04. The van der Waals surface area contributed by atoms with Crippen LogP contribution in [0.2, 0.25) is 0 Å². The molecule has 0 atom stereocenters. The first-order valence-electron chi connectivity index (χ1n) is 7.94. The van der Waals surface area contributed by atoms with Crippen LogP contribution >= 0.6 is 0 Å². The Bertz CT molecular complexity index is 683. The molecule has 0 aliphatic heterocycles. The van der Waals surface area contributed by atoms with E-state index in [0.717, 1.165) is 6.42 Å². The van der Waals surface area contributed by atoms with Crippen LogP contribution in [-0.4, -0.2) is 25.7 Å². The Morgan fingerprint density at radius 1 is 1.00 bits per heavy atom. The third-order valence-corrected chi connectivity index (χ3v) is 3.83. The molecule has 4 nitrogen and oxygen atoms in total. The molecular formula is C20H25NO3. The second kappa shape index (κ2) is 7.39. The Morgan fingerprint density at radius 2 is 1.54 bits per heavy atom. The van der Waals surface area contributed by atoms with E-state index < -0.39 is 0 Å². The van der Waals surface area contributed by atoms with E-state index in [1.807, 2.05) is 13.8 Å². The van der Waals surface area contributed by atoms with Crippen LogP contribution in [0, 0.1) is 6.92 Å². The molecule has 0 unspecified atom stereocenters. The summed E-state index contributed by atoms with van der Waals surface area (Å²) in [6.45, 7) is 6.09. The third kappa shape index (κ3) is 4.75. The molecule has 2 aromatic rings. The zero-order valence-electron chi connectivity index (χ0n) is 15.0. The summed E-state index contributed by atoms with van der Waals surface area (Å²) in [4.78, 5) is 12.6. The number of benzene rings is 2. The van der Waals surface area contributed by atoms with Gasteiger partial charge in [-0.15, -0.1) is 0 Å². The van der Waals surface area contributed by atoms with E-state index in [1.54, 1.807) is 32.4 Å². The fourth-order valence-electron chi connectivity index (χ4n) is 2.58. The predicted molar refractivity (Wildman–Crippen MR) is 96.0 cm³/mol. The van der Waals surface area contributed by atoms with E-state index in [1.165, 1.54) is 11.1 Å². The van der Waals surface area contributed by atoms with E-state index in [0.29, 0.717) is 17.1 Å². The maximum Gasteiger partial charge on any atom is 0.251 e. The Hall–Kier alpha value is -2.49. The second-order valence-corrected chi connectivity index (χ2v) is 6.60. The summed E-state index contributed by atoms with van der Waals surface area (Å²) in [6.07, 6.45) is 0.750. The van der Waals surface area contributed by atoms with Crippen LogP contribution in [0.3, 0.4) is 0 Å². The summed E-state index contributed by atoms with van der Waals surface area (Å²) in [5, 5.41) is 3.09. The first-order chi connectivity index (χ1) is 11.3. The van der Waals surface area contributed by atoms with Gasteiger partial charge < -0.3 is 14.8 Å². The number of methoxy groups -OCH3 is 2. The molecule has 2 aromatic carbocycles. The summed E-state index contributed by atoms with van der Waals surface area (Å²) in [5.41, 5.74) is 2.56. The van der Waals surface area contributed by atoms with Gasteiger partial charge in [-0.2, -0.15) is 0 Å². The number of rotatable bonds is 6. The molecule has 24 heavy (non-hydrogen) atoms. The van der Waals surface area contributed by atoms with E-state index in [2.05, 4.69) is 36.5 Å². The zero-order valence-corrected chi connectivity index (χ0v) is 15.0. The standard InChI is InChI=1S/C20H25NO3/c1-14-6-8-15(9-7-14)13-20(2,3)21-19(22)16-10-17(23-4)12-18(11-16)24-5/h6-12H,13H2,1-5H3,(H,21,22). The van der Waals surface area contributed by atoms with Gasteiger partial charge in [0, 0.05) is 17.2 Å².